The first-order valence-corrected chi connectivity index (χ1v) is 8.29. The van der Waals surface area contributed by atoms with Crippen LogP contribution in [0.2, 0.25) is 0 Å². The number of hydrogen-bond donors (Lipinski definition) is 1. The van der Waals surface area contributed by atoms with Crippen LogP contribution in [-0.2, 0) is 9.53 Å². The first kappa shape index (κ1) is 17.1. The molecule has 6 nitrogen and oxygen atoms in total. The molecular formula is C16H30N4O2. The Hall–Kier alpha value is -1.30. The van der Waals surface area contributed by atoms with Crippen molar-refractivity contribution in [2.24, 2.45) is 10.4 Å². The van der Waals surface area contributed by atoms with E-state index in [1.807, 2.05) is 0 Å². The zero-order chi connectivity index (χ0) is 16.0. The topological polar surface area (TPSA) is 57.2 Å². The number of aliphatic imine (C=N–C) groups is 1. The van der Waals surface area contributed by atoms with Gasteiger partial charge in [0.05, 0.1) is 6.61 Å². The summed E-state index contributed by atoms with van der Waals surface area (Å²) in [6.45, 7) is 3.66. The highest BCUT2D eigenvalue weighted by Crippen LogP contribution is 2.45. The molecule has 0 aromatic heterocycles. The second kappa shape index (κ2) is 7.81. The maximum atomic E-state index is 11.8. The molecule has 1 spiro atoms. The molecule has 0 bridgehead atoms. The van der Waals surface area contributed by atoms with E-state index < -0.39 is 0 Å². The van der Waals surface area contributed by atoms with Crippen LogP contribution in [0, 0.1) is 5.41 Å². The van der Waals surface area contributed by atoms with Crippen molar-refractivity contribution in [3.63, 3.8) is 0 Å². The van der Waals surface area contributed by atoms with Crippen LogP contribution in [0.25, 0.3) is 0 Å². The van der Waals surface area contributed by atoms with E-state index in [0.29, 0.717) is 12.0 Å². The van der Waals surface area contributed by atoms with Crippen LogP contribution in [0.15, 0.2) is 4.99 Å². The normalized spacial score (nSPS) is 20.7. The van der Waals surface area contributed by atoms with Gasteiger partial charge in [-0.3, -0.25) is 4.79 Å². The Kier molecular flexibility index (Phi) is 6.06. The minimum Gasteiger partial charge on any atom is -0.383 e. The van der Waals surface area contributed by atoms with Gasteiger partial charge in [-0.25, -0.2) is 4.99 Å². The van der Waals surface area contributed by atoms with Crippen LogP contribution in [0.4, 0.5) is 0 Å². The molecule has 1 amide bonds. The van der Waals surface area contributed by atoms with Crippen molar-refractivity contribution in [2.45, 2.75) is 32.1 Å². The summed E-state index contributed by atoms with van der Waals surface area (Å²) in [4.78, 5) is 20.2. The van der Waals surface area contributed by atoms with E-state index in [2.05, 4.69) is 15.2 Å². The minimum atomic E-state index is 0.0285. The van der Waals surface area contributed by atoms with E-state index in [9.17, 15) is 4.79 Å². The van der Waals surface area contributed by atoms with Crippen molar-refractivity contribution in [1.82, 2.24) is 15.1 Å². The highest BCUT2D eigenvalue weighted by Gasteiger charge is 2.41. The third kappa shape index (κ3) is 4.35. The molecule has 1 aliphatic heterocycles. The molecule has 22 heavy (non-hydrogen) atoms. The lowest BCUT2D eigenvalue weighted by Gasteiger charge is -2.26. The molecule has 126 valence electrons. The number of nitrogens with zero attached hydrogens (tertiary/aromatic N) is 3. The first-order chi connectivity index (χ1) is 10.6. The Morgan fingerprint density at radius 3 is 2.68 bits per heavy atom. The molecule has 2 rings (SSSR count). The standard InChI is InChI=1S/C16H30N4O2/c1-19(2)14(21)12-18-15(17-9-11-22-3)20-10-8-16(13-20)6-4-5-7-16/h4-13H2,1-3H3,(H,17,18). The number of nitrogens with one attached hydrogen (secondary N) is 1. The van der Waals surface area contributed by atoms with Gasteiger partial charge >= 0.3 is 0 Å². The summed E-state index contributed by atoms with van der Waals surface area (Å²) in [5.41, 5.74) is 0.495. The number of likely N-dealkylation sites (tertiary alicyclic amines) is 1. The number of hydrogen-bond acceptors (Lipinski definition) is 3. The van der Waals surface area contributed by atoms with Crippen LogP contribution in [0.1, 0.15) is 32.1 Å². The zero-order valence-electron chi connectivity index (χ0n) is 14.2. The van der Waals surface area contributed by atoms with Gasteiger partial charge in [-0.2, -0.15) is 0 Å². The molecule has 0 unspecified atom stereocenters. The molecule has 0 aromatic rings. The summed E-state index contributed by atoms with van der Waals surface area (Å²) in [5.74, 6) is 0.886. The van der Waals surface area contributed by atoms with Crippen molar-refractivity contribution in [2.75, 3.05) is 54.0 Å². The van der Waals surface area contributed by atoms with Crippen LogP contribution >= 0.6 is 0 Å². The molecule has 1 saturated heterocycles. The van der Waals surface area contributed by atoms with Crippen LogP contribution < -0.4 is 5.32 Å². The zero-order valence-corrected chi connectivity index (χ0v) is 14.2. The Morgan fingerprint density at radius 1 is 1.32 bits per heavy atom. The van der Waals surface area contributed by atoms with Crippen molar-refractivity contribution in [3.05, 3.63) is 0 Å². The van der Waals surface area contributed by atoms with E-state index in [1.165, 1.54) is 32.1 Å². The monoisotopic (exact) mass is 310 g/mol. The summed E-state index contributed by atoms with van der Waals surface area (Å²) in [6.07, 6.45) is 6.64. The maximum Gasteiger partial charge on any atom is 0.243 e. The molecule has 6 heteroatoms. The largest absolute Gasteiger partial charge is 0.383 e. The predicted molar refractivity (Wildman–Crippen MR) is 88.0 cm³/mol. The summed E-state index contributed by atoms with van der Waals surface area (Å²) < 4.78 is 5.10. The van der Waals surface area contributed by atoms with Crippen LogP contribution in [-0.4, -0.2) is 75.7 Å². The quantitative estimate of drug-likeness (QED) is 0.466. The Balaban J connectivity index is 1.97. The highest BCUT2D eigenvalue weighted by atomic mass is 16.5. The molecule has 0 aromatic carbocycles. The molecule has 1 heterocycles. The van der Waals surface area contributed by atoms with E-state index in [0.717, 1.165) is 25.6 Å². The van der Waals surface area contributed by atoms with Gasteiger partial charge in [0.15, 0.2) is 5.96 Å². The fourth-order valence-corrected chi connectivity index (χ4v) is 3.47. The highest BCUT2D eigenvalue weighted by molar-refractivity contribution is 5.85. The molecular weight excluding hydrogens is 280 g/mol. The number of amides is 1. The Bertz CT molecular complexity index is 403. The molecule has 0 atom stereocenters. The van der Waals surface area contributed by atoms with Crippen molar-refractivity contribution in [3.8, 4) is 0 Å². The summed E-state index contributed by atoms with van der Waals surface area (Å²) >= 11 is 0. The first-order valence-electron chi connectivity index (χ1n) is 8.29. The minimum absolute atomic E-state index is 0.0285. The van der Waals surface area contributed by atoms with Gasteiger partial charge in [0.2, 0.25) is 5.91 Å². The summed E-state index contributed by atoms with van der Waals surface area (Å²) in [7, 11) is 5.22. The van der Waals surface area contributed by atoms with Crippen molar-refractivity contribution < 1.29 is 9.53 Å². The van der Waals surface area contributed by atoms with Crippen molar-refractivity contribution >= 4 is 11.9 Å². The number of ether oxygens (including phenoxy) is 1. The number of methoxy groups -OCH3 is 1. The SMILES string of the molecule is COCCNC(=NCC(=O)N(C)C)N1CCC2(CCCC2)C1. The molecule has 2 aliphatic rings. The number of carbonyl (C=O) groups is 1. The number of rotatable bonds is 5. The predicted octanol–water partition coefficient (Wildman–Crippen LogP) is 0.933. The number of likely N-dealkylation sites (N-methyl/N-ethyl adjacent to an activating group) is 1. The van der Waals surface area contributed by atoms with Gasteiger partial charge in [-0.1, -0.05) is 12.8 Å². The van der Waals surface area contributed by atoms with Gasteiger partial charge in [0, 0.05) is 40.8 Å². The number of guanidine groups is 1. The maximum absolute atomic E-state index is 11.8. The third-order valence-corrected chi connectivity index (χ3v) is 4.85. The van der Waals surface area contributed by atoms with Gasteiger partial charge in [-0.05, 0) is 24.7 Å². The van der Waals surface area contributed by atoms with Crippen LogP contribution in [0.3, 0.4) is 0 Å². The Labute approximate surface area is 133 Å². The Morgan fingerprint density at radius 2 is 2.05 bits per heavy atom. The van der Waals surface area contributed by atoms with Gasteiger partial charge < -0.3 is 19.9 Å². The second-order valence-corrected chi connectivity index (χ2v) is 6.73. The van der Waals surface area contributed by atoms with Crippen molar-refractivity contribution in [1.29, 1.82) is 0 Å². The lowest BCUT2D eigenvalue weighted by Crippen LogP contribution is -2.43. The van der Waals surface area contributed by atoms with E-state index in [1.54, 1.807) is 26.1 Å². The van der Waals surface area contributed by atoms with Crippen LogP contribution in [0.5, 0.6) is 0 Å². The lowest BCUT2D eigenvalue weighted by atomic mass is 9.86. The molecule has 0 radical (unpaired) electrons. The lowest BCUT2D eigenvalue weighted by molar-refractivity contribution is -0.127. The average Bonchev–Trinajstić information content (AvgIpc) is 3.13. The van der Waals surface area contributed by atoms with Gasteiger partial charge in [-0.15, -0.1) is 0 Å². The van der Waals surface area contributed by atoms with E-state index in [-0.39, 0.29) is 12.5 Å². The summed E-state index contributed by atoms with van der Waals surface area (Å²) in [6, 6.07) is 0. The number of carbonyl (C=O) groups excluding carboxylic acids is 1. The van der Waals surface area contributed by atoms with Gasteiger partial charge in [0.25, 0.3) is 0 Å². The van der Waals surface area contributed by atoms with E-state index >= 15 is 0 Å². The fourth-order valence-electron chi connectivity index (χ4n) is 3.47. The summed E-state index contributed by atoms with van der Waals surface area (Å²) in [5, 5.41) is 3.34. The fraction of sp³-hybridized carbons (Fsp3) is 0.875. The molecule has 1 saturated carbocycles. The van der Waals surface area contributed by atoms with E-state index in [4.69, 9.17) is 4.74 Å². The third-order valence-electron chi connectivity index (χ3n) is 4.85. The average molecular weight is 310 g/mol. The smallest absolute Gasteiger partial charge is 0.243 e. The second-order valence-electron chi connectivity index (χ2n) is 6.73. The molecule has 1 N–H and O–H groups in total. The molecule has 1 aliphatic carbocycles. The molecule has 2 fully saturated rings. The van der Waals surface area contributed by atoms with Gasteiger partial charge in [0.1, 0.15) is 6.54 Å².